The number of methoxy groups -OCH3 is 1. The van der Waals surface area contributed by atoms with Crippen LogP contribution in [-0.4, -0.2) is 28.7 Å². The van der Waals surface area contributed by atoms with Crippen LogP contribution in [0.15, 0.2) is 36.5 Å². The third-order valence-electron chi connectivity index (χ3n) is 2.92. The molecular formula is C14H13NO4. The first-order chi connectivity index (χ1) is 9.04. The van der Waals surface area contributed by atoms with Gasteiger partial charge in [0.25, 0.3) is 0 Å². The summed E-state index contributed by atoms with van der Waals surface area (Å²) in [4.78, 5) is 22.5. The summed E-state index contributed by atoms with van der Waals surface area (Å²) in [5.41, 5.74) is 1.98. The Morgan fingerprint density at radius 1 is 1.26 bits per heavy atom. The average Bonchev–Trinajstić information content (AvgIpc) is 2.80. The molecule has 5 heteroatoms. The fraction of sp³-hybridized carbons (Fsp3) is 0.143. The van der Waals surface area contributed by atoms with E-state index in [1.807, 2.05) is 0 Å². The van der Waals surface area contributed by atoms with E-state index in [2.05, 4.69) is 4.74 Å². The Balaban J connectivity index is 2.48. The minimum Gasteiger partial charge on any atom is -0.478 e. The first-order valence-electron chi connectivity index (χ1n) is 5.64. The summed E-state index contributed by atoms with van der Waals surface area (Å²) in [6.45, 7) is 1.72. The zero-order valence-electron chi connectivity index (χ0n) is 10.6. The van der Waals surface area contributed by atoms with Crippen LogP contribution in [-0.2, 0) is 4.74 Å². The van der Waals surface area contributed by atoms with E-state index in [1.54, 1.807) is 42.0 Å². The maximum absolute atomic E-state index is 11.5. The van der Waals surface area contributed by atoms with Gasteiger partial charge in [-0.1, -0.05) is 6.07 Å². The van der Waals surface area contributed by atoms with E-state index in [4.69, 9.17) is 5.11 Å². The minimum absolute atomic E-state index is 0.239. The van der Waals surface area contributed by atoms with Crippen LogP contribution in [0.2, 0.25) is 0 Å². The van der Waals surface area contributed by atoms with Crippen LogP contribution in [0.3, 0.4) is 0 Å². The zero-order valence-corrected chi connectivity index (χ0v) is 10.6. The van der Waals surface area contributed by atoms with Gasteiger partial charge in [-0.05, 0) is 31.2 Å². The van der Waals surface area contributed by atoms with Gasteiger partial charge in [-0.25, -0.2) is 9.59 Å². The summed E-state index contributed by atoms with van der Waals surface area (Å²) >= 11 is 0. The summed E-state index contributed by atoms with van der Waals surface area (Å²) in [7, 11) is 1.32. The molecule has 0 saturated carbocycles. The van der Waals surface area contributed by atoms with Gasteiger partial charge in [0.15, 0.2) is 0 Å². The second kappa shape index (κ2) is 4.97. The van der Waals surface area contributed by atoms with Gasteiger partial charge < -0.3 is 14.4 Å². The highest BCUT2D eigenvalue weighted by atomic mass is 16.5. The molecule has 0 atom stereocenters. The number of carbonyl (C=O) groups excluding carboxylic acids is 1. The quantitative estimate of drug-likeness (QED) is 0.858. The molecule has 19 heavy (non-hydrogen) atoms. The molecule has 1 heterocycles. The van der Waals surface area contributed by atoms with Gasteiger partial charge in [0.05, 0.1) is 18.2 Å². The topological polar surface area (TPSA) is 68.5 Å². The monoisotopic (exact) mass is 259 g/mol. The van der Waals surface area contributed by atoms with Crippen LogP contribution in [0.4, 0.5) is 0 Å². The van der Waals surface area contributed by atoms with Crippen LogP contribution < -0.4 is 0 Å². The summed E-state index contributed by atoms with van der Waals surface area (Å²) < 4.78 is 6.38. The zero-order chi connectivity index (χ0) is 14.0. The number of benzene rings is 1. The fourth-order valence-electron chi connectivity index (χ4n) is 1.92. The van der Waals surface area contributed by atoms with Crippen molar-refractivity contribution in [2.75, 3.05) is 7.11 Å². The first-order valence-corrected chi connectivity index (χ1v) is 5.64. The van der Waals surface area contributed by atoms with Crippen LogP contribution >= 0.6 is 0 Å². The van der Waals surface area contributed by atoms with Crippen LogP contribution in [0.25, 0.3) is 5.69 Å². The molecule has 2 rings (SSSR count). The second-order valence-electron chi connectivity index (χ2n) is 4.03. The Kier molecular flexibility index (Phi) is 3.37. The predicted molar refractivity (Wildman–Crippen MR) is 68.8 cm³/mol. The van der Waals surface area contributed by atoms with E-state index < -0.39 is 11.9 Å². The van der Waals surface area contributed by atoms with Crippen molar-refractivity contribution in [2.45, 2.75) is 6.92 Å². The van der Waals surface area contributed by atoms with Crippen molar-refractivity contribution in [3.63, 3.8) is 0 Å². The normalized spacial score (nSPS) is 10.2. The molecule has 1 N–H and O–H groups in total. The summed E-state index contributed by atoms with van der Waals surface area (Å²) in [6.07, 6.45) is 1.66. The molecule has 0 spiro atoms. The van der Waals surface area contributed by atoms with E-state index >= 15 is 0 Å². The molecule has 0 saturated heterocycles. The highest BCUT2D eigenvalue weighted by Gasteiger charge is 2.13. The number of carboxylic acid groups (broad SMARTS) is 1. The van der Waals surface area contributed by atoms with Gasteiger partial charge in [0.2, 0.25) is 0 Å². The van der Waals surface area contributed by atoms with Crippen molar-refractivity contribution in [1.29, 1.82) is 0 Å². The van der Waals surface area contributed by atoms with E-state index in [-0.39, 0.29) is 5.56 Å². The molecule has 2 aromatic rings. The molecule has 0 fully saturated rings. The van der Waals surface area contributed by atoms with E-state index in [9.17, 15) is 9.59 Å². The Labute approximate surface area is 110 Å². The Bertz CT molecular complexity index is 643. The van der Waals surface area contributed by atoms with Crippen molar-refractivity contribution in [1.82, 2.24) is 4.57 Å². The number of aromatic nitrogens is 1. The van der Waals surface area contributed by atoms with Crippen molar-refractivity contribution >= 4 is 11.9 Å². The van der Waals surface area contributed by atoms with Crippen LogP contribution in [0.5, 0.6) is 0 Å². The third kappa shape index (κ3) is 2.35. The van der Waals surface area contributed by atoms with E-state index in [0.29, 0.717) is 16.9 Å². The molecule has 0 aliphatic rings. The van der Waals surface area contributed by atoms with Gasteiger partial charge in [-0.3, -0.25) is 0 Å². The smallest absolute Gasteiger partial charge is 0.337 e. The molecule has 1 aromatic carbocycles. The van der Waals surface area contributed by atoms with Crippen molar-refractivity contribution in [3.8, 4) is 5.69 Å². The Hall–Kier alpha value is -2.56. The number of carbonyl (C=O) groups is 2. The van der Waals surface area contributed by atoms with Gasteiger partial charge in [0, 0.05) is 17.6 Å². The molecule has 0 aliphatic heterocycles. The van der Waals surface area contributed by atoms with Crippen molar-refractivity contribution < 1.29 is 19.4 Å². The second-order valence-corrected chi connectivity index (χ2v) is 4.03. The average molecular weight is 259 g/mol. The third-order valence-corrected chi connectivity index (χ3v) is 2.92. The Morgan fingerprint density at radius 3 is 2.58 bits per heavy atom. The molecule has 1 aromatic heterocycles. The lowest BCUT2D eigenvalue weighted by Gasteiger charge is -2.08. The van der Waals surface area contributed by atoms with Crippen LogP contribution in [0.1, 0.15) is 26.4 Å². The van der Waals surface area contributed by atoms with Gasteiger partial charge in [-0.2, -0.15) is 0 Å². The van der Waals surface area contributed by atoms with E-state index in [1.165, 1.54) is 13.2 Å². The molecular weight excluding hydrogens is 246 g/mol. The highest BCUT2D eigenvalue weighted by Crippen LogP contribution is 2.18. The number of rotatable bonds is 3. The highest BCUT2D eigenvalue weighted by molar-refractivity contribution is 5.90. The lowest BCUT2D eigenvalue weighted by molar-refractivity contribution is 0.0599. The number of nitrogens with zero attached hydrogens (tertiary/aromatic N) is 1. The summed E-state index contributed by atoms with van der Waals surface area (Å²) in [5, 5.41) is 9.02. The fourth-order valence-corrected chi connectivity index (χ4v) is 1.92. The largest absolute Gasteiger partial charge is 0.478 e. The minimum atomic E-state index is -0.972. The van der Waals surface area contributed by atoms with E-state index in [0.717, 1.165) is 0 Å². The van der Waals surface area contributed by atoms with Crippen molar-refractivity contribution in [2.24, 2.45) is 0 Å². The number of aromatic carboxylic acids is 1. The standard InChI is InChI=1S/C14H13NO4/c1-9-12(13(16)17)6-7-15(9)11-5-3-4-10(8-11)14(18)19-2/h3-8H,1-2H3,(H,16,17). The molecule has 0 amide bonds. The van der Waals surface area contributed by atoms with Gasteiger partial charge >= 0.3 is 11.9 Å². The number of esters is 1. The van der Waals surface area contributed by atoms with Gasteiger partial charge in [-0.15, -0.1) is 0 Å². The maximum atomic E-state index is 11.5. The lowest BCUT2D eigenvalue weighted by atomic mass is 10.2. The predicted octanol–water partition coefficient (Wildman–Crippen LogP) is 2.27. The Morgan fingerprint density at radius 2 is 2.00 bits per heavy atom. The molecule has 5 nitrogen and oxygen atoms in total. The summed E-state index contributed by atoms with van der Waals surface area (Å²) in [5.74, 6) is -1.40. The molecule has 0 aliphatic carbocycles. The molecule has 0 unspecified atom stereocenters. The summed E-state index contributed by atoms with van der Waals surface area (Å²) in [6, 6.07) is 8.35. The number of hydrogen-bond donors (Lipinski definition) is 1. The van der Waals surface area contributed by atoms with Crippen molar-refractivity contribution in [3.05, 3.63) is 53.3 Å². The lowest BCUT2D eigenvalue weighted by Crippen LogP contribution is -2.04. The van der Waals surface area contributed by atoms with Gasteiger partial charge in [0.1, 0.15) is 0 Å². The number of hydrogen-bond acceptors (Lipinski definition) is 3. The number of carboxylic acids is 1. The molecule has 98 valence electrons. The number of ether oxygens (including phenoxy) is 1. The molecule has 0 bridgehead atoms. The van der Waals surface area contributed by atoms with Crippen LogP contribution in [0, 0.1) is 6.92 Å². The maximum Gasteiger partial charge on any atom is 0.337 e. The SMILES string of the molecule is COC(=O)c1cccc(-n2ccc(C(=O)O)c2C)c1. The molecule has 0 radical (unpaired) electrons. The first kappa shape index (κ1) is 12.9.